The standard InChI is InChI=1S/C16H22N4/c1-12(2)14-15(17)18-11-19-16(14)20(3)10-9-13-7-5-4-6-8-13/h4-8,11-12H,9-10H2,1-3H3,(H2,17,18,19). The first-order valence-electron chi connectivity index (χ1n) is 6.95. The van der Waals surface area contributed by atoms with Gasteiger partial charge < -0.3 is 10.6 Å². The van der Waals surface area contributed by atoms with Crippen molar-refractivity contribution in [3.63, 3.8) is 0 Å². The molecule has 0 saturated heterocycles. The highest BCUT2D eigenvalue weighted by molar-refractivity contribution is 5.57. The van der Waals surface area contributed by atoms with Crippen LogP contribution in [0.25, 0.3) is 0 Å². The maximum atomic E-state index is 5.99. The van der Waals surface area contributed by atoms with Gasteiger partial charge in [-0.3, -0.25) is 0 Å². The molecule has 0 saturated carbocycles. The number of nitrogens with zero attached hydrogens (tertiary/aromatic N) is 3. The van der Waals surface area contributed by atoms with E-state index in [0.717, 1.165) is 24.3 Å². The summed E-state index contributed by atoms with van der Waals surface area (Å²) in [4.78, 5) is 10.7. The molecule has 4 heteroatoms. The summed E-state index contributed by atoms with van der Waals surface area (Å²) in [6.45, 7) is 5.13. The van der Waals surface area contributed by atoms with Crippen molar-refractivity contribution >= 4 is 11.6 Å². The number of nitrogens with two attached hydrogens (primary N) is 1. The number of likely N-dealkylation sites (N-methyl/N-ethyl adjacent to an activating group) is 1. The molecular weight excluding hydrogens is 248 g/mol. The summed E-state index contributed by atoms with van der Waals surface area (Å²) >= 11 is 0. The Kier molecular flexibility index (Phi) is 4.56. The van der Waals surface area contributed by atoms with E-state index in [2.05, 4.69) is 60.0 Å². The van der Waals surface area contributed by atoms with Crippen LogP contribution >= 0.6 is 0 Å². The van der Waals surface area contributed by atoms with E-state index < -0.39 is 0 Å². The van der Waals surface area contributed by atoms with Gasteiger partial charge in [0.15, 0.2) is 0 Å². The van der Waals surface area contributed by atoms with Gasteiger partial charge in [-0.05, 0) is 17.9 Å². The molecule has 20 heavy (non-hydrogen) atoms. The first kappa shape index (κ1) is 14.3. The summed E-state index contributed by atoms with van der Waals surface area (Å²) in [6, 6.07) is 10.5. The Balaban J connectivity index is 2.13. The van der Waals surface area contributed by atoms with Crippen LogP contribution in [0.4, 0.5) is 11.6 Å². The molecule has 0 unspecified atom stereocenters. The fraction of sp³-hybridized carbons (Fsp3) is 0.375. The molecule has 0 fully saturated rings. The lowest BCUT2D eigenvalue weighted by atomic mass is 10.0. The third kappa shape index (κ3) is 3.26. The minimum absolute atomic E-state index is 0.311. The van der Waals surface area contributed by atoms with E-state index in [1.165, 1.54) is 11.9 Å². The lowest BCUT2D eigenvalue weighted by molar-refractivity contribution is 0.803. The Morgan fingerprint density at radius 3 is 2.50 bits per heavy atom. The van der Waals surface area contributed by atoms with Crippen LogP contribution in [-0.4, -0.2) is 23.6 Å². The van der Waals surface area contributed by atoms with Crippen LogP contribution in [0, 0.1) is 0 Å². The predicted octanol–water partition coefficient (Wildman–Crippen LogP) is 2.86. The summed E-state index contributed by atoms with van der Waals surface area (Å²) in [7, 11) is 2.05. The van der Waals surface area contributed by atoms with Gasteiger partial charge in [0.25, 0.3) is 0 Å². The molecule has 0 aliphatic rings. The van der Waals surface area contributed by atoms with Crippen LogP contribution < -0.4 is 10.6 Å². The average molecular weight is 270 g/mol. The summed E-state index contributed by atoms with van der Waals surface area (Å²) in [5.41, 5.74) is 8.35. The number of hydrogen-bond acceptors (Lipinski definition) is 4. The molecule has 0 spiro atoms. The Morgan fingerprint density at radius 1 is 1.15 bits per heavy atom. The third-order valence-corrected chi connectivity index (χ3v) is 3.41. The maximum Gasteiger partial charge on any atom is 0.137 e. The van der Waals surface area contributed by atoms with Crippen LogP contribution in [0.3, 0.4) is 0 Å². The van der Waals surface area contributed by atoms with Crippen molar-refractivity contribution in [2.75, 3.05) is 24.2 Å². The Bertz CT molecular complexity index is 552. The minimum atomic E-state index is 0.311. The lowest BCUT2D eigenvalue weighted by Gasteiger charge is -2.23. The molecule has 0 radical (unpaired) electrons. The van der Waals surface area contributed by atoms with Crippen LogP contribution in [0.15, 0.2) is 36.7 Å². The van der Waals surface area contributed by atoms with Gasteiger partial charge in [0, 0.05) is 19.2 Å². The normalized spacial score (nSPS) is 10.8. The second-order valence-electron chi connectivity index (χ2n) is 5.31. The molecule has 1 aromatic carbocycles. The maximum absolute atomic E-state index is 5.99. The molecule has 0 bridgehead atoms. The molecule has 4 nitrogen and oxygen atoms in total. The molecule has 2 N–H and O–H groups in total. The molecule has 106 valence electrons. The minimum Gasteiger partial charge on any atom is -0.383 e. The Morgan fingerprint density at radius 2 is 1.85 bits per heavy atom. The van der Waals surface area contributed by atoms with E-state index >= 15 is 0 Å². The van der Waals surface area contributed by atoms with Crippen molar-refractivity contribution < 1.29 is 0 Å². The van der Waals surface area contributed by atoms with Crippen molar-refractivity contribution in [2.45, 2.75) is 26.2 Å². The first-order chi connectivity index (χ1) is 9.59. The van der Waals surface area contributed by atoms with Crippen LogP contribution in [0.2, 0.25) is 0 Å². The van der Waals surface area contributed by atoms with Crippen molar-refractivity contribution in [3.05, 3.63) is 47.8 Å². The molecule has 0 aliphatic carbocycles. The summed E-state index contributed by atoms with van der Waals surface area (Å²) in [5.74, 6) is 1.82. The van der Waals surface area contributed by atoms with Gasteiger partial charge in [0.05, 0.1) is 0 Å². The van der Waals surface area contributed by atoms with E-state index in [9.17, 15) is 0 Å². The smallest absolute Gasteiger partial charge is 0.137 e. The topological polar surface area (TPSA) is 55.0 Å². The van der Waals surface area contributed by atoms with Gasteiger partial charge in [-0.1, -0.05) is 44.2 Å². The van der Waals surface area contributed by atoms with E-state index in [0.29, 0.717) is 11.7 Å². The van der Waals surface area contributed by atoms with Crippen LogP contribution in [0.1, 0.15) is 30.9 Å². The Hall–Kier alpha value is -2.10. The number of nitrogen functional groups attached to an aromatic ring is 1. The zero-order valence-electron chi connectivity index (χ0n) is 12.4. The fourth-order valence-corrected chi connectivity index (χ4v) is 2.30. The van der Waals surface area contributed by atoms with Crippen molar-refractivity contribution in [3.8, 4) is 0 Å². The quantitative estimate of drug-likeness (QED) is 0.907. The van der Waals surface area contributed by atoms with Gasteiger partial charge in [0.2, 0.25) is 0 Å². The Labute approximate surface area is 120 Å². The number of hydrogen-bond donors (Lipinski definition) is 1. The second kappa shape index (κ2) is 6.37. The summed E-state index contributed by atoms with van der Waals surface area (Å²) < 4.78 is 0. The highest BCUT2D eigenvalue weighted by Crippen LogP contribution is 2.28. The third-order valence-electron chi connectivity index (χ3n) is 3.41. The van der Waals surface area contributed by atoms with Gasteiger partial charge in [-0.25, -0.2) is 9.97 Å². The number of anilines is 2. The molecule has 0 atom stereocenters. The summed E-state index contributed by atoms with van der Waals surface area (Å²) in [5, 5.41) is 0. The van der Waals surface area contributed by atoms with Crippen molar-refractivity contribution in [2.24, 2.45) is 0 Å². The molecular formula is C16H22N4. The molecule has 0 aliphatic heterocycles. The zero-order chi connectivity index (χ0) is 14.5. The summed E-state index contributed by atoms with van der Waals surface area (Å²) in [6.07, 6.45) is 2.52. The van der Waals surface area contributed by atoms with Gasteiger partial charge >= 0.3 is 0 Å². The van der Waals surface area contributed by atoms with Crippen molar-refractivity contribution in [1.29, 1.82) is 0 Å². The SMILES string of the molecule is CC(C)c1c(N)ncnc1N(C)CCc1ccccc1. The average Bonchev–Trinajstić information content (AvgIpc) is 2.45. The highest BCUT2D eigenvalue weighted by atomic mass is 15.2. The zero-order valence-corrected chi connectivity index (χ0v) is 12.4. The number of benzene rings is 1. The molecule has 2 rings (SSSR count). The van der Waals surface area contributed by atoms with Gasteiger partial charge in [0.1, 0.15) is 18.0 Å². The van der Waals surface area contributed by atoms with Crippen LogP contribution in [0.5, 0.6) is 0 Å². The first-order valence-corrected chi connectivity index (χ1v) is 6.95. The largest absolute Gasteiger partial charge is 0.383 e. The molecule has 2 aromatic rings. The lowest BCUT2D eigenvalue weighted by Crippen LogP contribution is -2.24. The monoisotopic (exact) mass is 270 g/mol. The van der Waals surface area contributed by atoms with Gasteiger partial charge in [-0.2, -0.15) is 0 Å². The van der Waals surface area contributed by atoms with Crippen LogP contribution in [-0.2, 0) is 6.42 Å². The molecule has 0 amide bonds. The van der Waals surface area contributed by atoms with E-state index in [1.807, 2.05) is 6.07 Å². The van der Waals surface area contributed by atoms with Crippen molar-refractivity contribution in [1.82, 2.24) is 9.97 Å². The highest BCUT2D eigenvalue weighted by Gasteiger charge is 2.15. The number of rotatable bonds is 5. The fourth-order valence-electron chi connectivity index (χ4n) is 2.30. The van der Waals surface area contributed by atoms with Gasteiger partial charge in [-0.15, -0.1) is 0 Å². The second-order valence-corrected chi connectivity index (χ2v) is 5.31. The predicted molar refractivity (Wildman–Crippen MR) is 83.9 cm³/mol. The van der Waals surface area contributed by atoms with E-state index in [-0.39, 0.29) is 0 Å². The van der Waals surface area contributed by atoms with E-state index in [4.69, 9.17) is 5.73 Å². The number of aromatic nitrogens is 2. The van der Waals surface area contributed by atoms with E-state index in [1.54, 1.807) is 0 Å². The molecule has 1 heterocycles. The molecule has 1 aromatic heterocycles.